The molecule has 0 spiro atoms. The molecule has 3 atom stereocenters. The fourth-order valence-corrected chi connectivity index (χ4v) is 5.30. The quantitative estimate of drug-likeness (QED) is 0.868. The fraction of sp³-hybridized carbons (Fsp3) is 0.368. The van der Waals surface area contributed by atoms with Crippen LogP contribution in [-0.4, -0.2) is 38.0 Å². The third-order valence-electron chi connectivity index (χ3n) is 5.06. The Morgan fingerprint density at radius 2 is 1.85 bits per heavy atom. The molecule has 1 unspecified atom stereocenters. The maximum absolute atomic E-state index is 13.1. The third-order valence-corrected chi connectivity index (χ3v) is 6.89. The molecule has 26 heavy (non-hydrogen) atoms. The van der Waals surface area contributed by atoms with E-state index in [4.69, 9.17) is 10.5 Å². The summed E-state index contributed by atoms with van der Waals surface area (Å²) in [6.45, 7) is 2.74. The Hall–Kier alpha value is -1.60. The largest absolute Gasteiger partial charge is 0.490 e. The van der Waals surface area contributed by atoms with Crippen LogP contribution in [0.1, 0.15) is 24.0 Å². The number of nitrogens with zero attached hydrogens (tertiary/aromatic N) is 1. The molecular weight excluding hydrogens is 372 g/mol. The molecule has 0 aromatic heterocycles. The second-order valence-corrected chi connectivity index (χ2v) is 8.84. The van der Waals surface area contributed by atoms with Crippen molar-refractivity contribution in [1.82, 2.24) is 4.31 Å². The topological polar surface area (TPSA) is 72.6 Å². The van der Waals surface area contributed by atoms with Gasteiger partial charge >= 0.3 is 0 Å². The molecule has 2 aliphatic rings. The standard InChI is InChI=1S/C19H22N2O3S.ClH/c1-13-9-15-10-16(7-8-19(15)24-13)25(22,23)21-11-17(18(20)12-21)14-5-3-2-4-6-14;/h2-8,10,13,17-18H,9,11-12,20H2,1H3;1H/t13?,17-,18+;/m0./s1. The summed E-state index contributed by atoms with van der Waals surface area (Å²) < 4.78 is 33.3. The lowest BCUT2D eigenvalue weighted by Gasteiger charge is -2.17. The van der Waals surface area contributed by atoms with Gasteiger partial charge in [0.1, 0.15) is 11.9 Å². The highest BCUT2D eigenvalue weighted by Gasteiger charge is 2.38. The van der Waals surface area contributed by atoms with E-state index in [9.17, 15) is 8.42 Å². The van der Waals surface area contributed by atoms with Crippen molar-refractivity contribution in [2.75, 3.05) is 13.1 Å². The summed E-state index contributed by atoms with van der Waals surface area (Å²) in [4.78, 5) is 0.324. The molecule has 0 bridgehead atoms. The molecule has 1 fully saturated rings. The minimum Gasteiger partial charge on any atom is -0.490 e. The van der Waals surface area contributed by atoms with Crippen LogP contribution in [0.2, 0.25) is 0 Å². The first kappa shape index (κ1) is 19.2. The van der Waals surface area contributed by atoms with E-state index < -0.39 is 10.0 Å². The van der Waals surface area contributed by atoms with Crippen LogP contribution >= 0.6 is 12.4 Å². The van der Waals surface area contributed by atoms with Crippen LogP contribution in [-0.2, 0) is 16.4 Å². The van der Waals surface area contributed by atoms with Gasteiger partial charge in [-0.25, -0.2) is 8.42 Å². The summed E-state index contributed by atoms with van der Waals surface area (Å²) in [6.07, 6.45) is 0.834. The second kappa shape index (κ2) is 7.19. The molecule has 140 valence electrons. The zero-order chi connectivity index (χ0) is 17.6. The number of nitrogens with two attached hydrogens (primary N) is 1. The zero-order valence-electron chi connectivity index (χ0n) is 14.5. The van der Waals surface area contributed by atoms with Crippen molar-refractivity contribution in [3.8, 4) is 5.75 Å². The first-order valence-electron chi connectivity index (χ1n) is 8.55. The maximum Gasteiger partial charge on any atom is 0.243 e. The van der Waals surface area contributed by atoms with Gasteiger partial charge in [0.25, 0.3) is 0 Å². The van der Waals surface area contributed by atoms with Crippen molar-refractivity contribution in [2.24, 2.45) is 5.73 Å². The minimum atomic E-state index is -3.55. The van der Waals surface area contributed by atoms with Crippen LogP contribution in [0.15, 0.2) is 53.4 Å². The number of sulfonamides is 1. The first-order valence-corrected chi connectivity index (χ1v) is 9.99. The SMILES string of the molecule is CC1Cc2cc(S(=O)(=O)N3C[C@@H](N)[C@H](c4ccccc4)C3)ccc2O1.Cl. The average Bonchev–Trinajstić information content (AvgIpc) is 3.17. The van der Waals surface area contributed by atoms with E-state index in [-0.39, 0.29) is 30.5 Å². The molecule has 5 nitrogen and oxygen atoms in total. The summed E-state index contributed by atoms with van der Waals surface area (Å²) in [5.41, 5.74) is 8.30. The fourth-order valence-electron chi connectivity index (χ4n) is 3.75. The molecule has 7 heteroatoms. The Bertz CT molecular complexity index is 889. The van der Waals surface area contributed by atoms with E-state index in [1.807, 2.05) is 37.3 Å². The average molecular weight is 395 g/mol. The number of fused-ring (bicyclic) bond motifs is 1. The van der Waals surface area contributed by atoms with Crippen molar-refractivity contribution in [2.45, 2.75) is 36.3 Å². The first-order chi connectivity index (χ1) is 11.9. The summed E-state index contributed by atoms with van der Waals surface area (Å²) >= 11 is 0. The Balaban J connectivity index is 0.00000196. The summed E-state index contributed by atoms with van der Waals surface area (Å²) in [5, 5.41) is 0. The van der Waals surface area contributed by atoms with Crippen LogP contribution < -0.4 is 10.5 Å². The van der Waals surface area contributed by atoms with Gasteiger partial charge < -0.3 is 10.5 Å². The van der Waals surface area contributed by atoms with E-state index in [1.54, 1.807) is 18.2 Å². The normalized spacial score (nSPS) is 25.4. The summed E-state index contributed by atoms with van der Waals surface area (Å²) in [5.74, 6) is 0.806. The van der Waals surface area contributed by atoms with E-state index >= 15 is 0 Å². The van der Waals surface area contributed by atoms with Gasteiger partial charge in [0.2, 0.25) is 10.0 Å². The van der Waals surface area contributed by atoms with E-state index in [1.165, 1.54) is 4.31 Å². The van der Waals surface area contributed by atoms with Crippen LogP contribution in [0.5, 0.6) is 5.75 Å². The lowest BCUT2D eigenvalue weighted by molar-refractivity contribution is 0.254. The van der Waals surface area contributed by atoms with E-state index in [0.717, 1.165) is 23.3 Å². The molecule has 0 saturated carbocycles. The van der Waals surface area contributed by atoms with Gasteiger partial charge in [-0.15, -0.1) is 12.4 Å². The van der Waals surface area contributed by atoms with Gasteiger partial charge in [0.15, 0.2) is 0 Å². The predicted molar refractivity (Wildman–Crippen MR) is 103 cm³/mol. The van der Waals surface area contributed by atoms with Crippen molar-refractivity contribution < 1.29 is 13.2 Å². The number of rotatable bonds is 3. The molecule has 2 aromatic rings. The van der Waals surface area contributed by atoms with Gasteiger partial charge in [-0.1, -0.05) is 30.3 Å². The molecule has 2 aromatic carbocycles. The number of halogens is 1. The molecule has 1 saturated heterocycles. The van der Waals surface area contributed by atoms with Crippen molar-refractivity contribution in [3.63, 3.8) is 0 Å². The molecule has 2 N–H and O–H groups in total. The number of hydrogen-bond donors (Lipinski definition) is 1. The van der Waals surface area contributed by atoms with Gasteiger partial charge in [-0.05, 0) is 36.2 Å². The molecule has 4 rings (SSSR count). The highest BCUT2D eigenvalue weighted by Crippen LogP contribution is 2.34. The van der Waals surface area contributed by atoms with Crippen molar-refractivity contribution >= 4 is 22.4 Å². The minimum absolute atomic E-state index is 0. The van der Waals surface area contributed by atoms with Crippen LogP contribution in [0.3, 0.4) is 0 Å². The van der Waals surface area contributed by atoms with Gasteiger partial charge in [0, 0.05) is 31.5 Å². The van der Waals surface area contributed by atoms with Crippen LogP contribution in [0.4, 0.5) is 0 Å². The van der Waals surface area contributed by atoms with Crippen LogP contribution in [0, 0.1) is 0 Å². The molecular formula is C19H23ClN2O3S. The lowest BCUT2D eigenvalue weighted by atomic mass is 9.95. The Kier molecular flexibility index (Phi) is 5.30. The van der Waals surface area contributed by atoms with Gasteiger partial charge in [0.05, 0.1) is 4.90 Å². The highest BCUT2D eigenvalue weighted by molar-refractivity contribution is 7.89. The van der Waals surface area contributed by atoms with Crippen LogP contribution in [0.25, 0.3) is 0 Å². The summed E-state index contributed by atoms with van der Waals surface area (Å²) in [6, 6.07) is 14.8. The van der Waals surface area contributed by atoms with Crippen molar-refractivity contribution in [1.29, 1.82) is 0 Å². The Labute approximate surface area is 160 Å². The lowest BCUT2D eigenvalue weighted by Crippen LogP contribution is -2.32. The molecule has 2 aliphatic heterocycles. The molecule has 0 aliphatic carbocycles. The molecule has 0 amide bonds. The van der Waals surface area contributed by atoms with E-state index in [2.05, 4.69) is 0 Å². The number of hydrogen-bond acceptors (Lipinski definition) is 4. The summed E-state index contributed by atoms with van der Waals surface area (Å²) in [7, 11) is -3.55. The number of ether oxygens (including phenoxy) is 1. The number of benzene rings is 2. The smallest absolute Gasteiger partial charge is 0.243 e. The second-order valence-electron chi connectivity index (χ2n) is 6.91. The Morgan fingerprint density at radius 3 is 2.58 bits per heavy atom. The monoisotopic (exact) mass is 394 g/mol. The van der Waals surface area contributed by atoms with Crippen molar-refractivity contribution in [3.05, 3.63) is 59.7 Å². The van der Waals surface area contributed by atoms with Gasteiger partial charge in [-0.2, -0.15) is 4.31 Å². The Morgan fingerprint density at radius 1 is 1.12 bits per heavy atom. The highest BCUT2D eigenvalue weighted by atomic mass is 35.5. The third kappa shape index (κ3) is 3.34. The predicted octanol–water partition coefficient (Wildman–Crippen LogP) is 2.55. The molecule has 0 radical (unpaired) electrons. The van der Waals surface area contributed by atoms with E-state index in [0.29, 0.717) is 18.0 Å². The molecule has 2 heterocycles. The van der Waals surface area contributed by atoms with Gasteiger partial charge in [-0.3, -0.25) is 0 Å². The zero-order valence-corrected chi connectivity index (χ0v) is 16.2. The maximum atomic E-state index is 13.1.